The first kappa shape index (κ1) is 15.4. The summed E-state index contributed by atoms with van der Waals surface area (Å²) in [5.74, 6) is -0.519. The highest BCUT2D eigenvalue weighted by molar-refractivity contribution is 5.97. The fourth-order valence-electron chi connectivity index (χ4n) is 2.90. The fraction of sp³-hybridized carbons (Fsp3) is 0.500. The van der Waals surface area contributed by atoms with Crippen molar-refractivity contribution < 1.29 is 14.7 Å². The minimum absolute atomic E-state index is 0.0386. The van der Waals surface area contributed by atoms with E-state index in [-0.39, 0.29) is 11.5 Å². The third kappa shape index (κ3) is 3.74. The Morgan fingerprint density at radius 2 is 1.95 bits per heavy atom. The Morgan fingerprint density at radius 1 is 1.29 bits per heavy atom. The highest BCUT2D eigenvalue weighted by Crippen LogP contribution is 2.29. The maximum absolute atomic E-state index is 12.3. The number of hydrogen-bond donors (Lipinski definition) is 2. The number of rotatable bonds is 4. The van der Waals surface area contributed by atoms with Crippen LogP contribution in [0.15, 0.2) is 18.2 Å². The predicted octanol–water partition coefficient (Wildman–Crippen LogP) is 2.90. The summed E-state index contributed by atoms with van der Waals surface area (Å²) in [7, 11) is 1.69. The molecule has 1 fully saturated rings. The molecular formula is C16H22N2O3. The first-order valence-corrected chi connectivity index (χ1v) is 7.38. The summed E-state index contributed by atoms with van der Waals surface area (Å²) in [5.41, 5.74) is 6.89. The Hall–Kier alpha value is -2.04. The molecule has 114 valence electrons. The van der Waals surface area contributed by atoms with Crippen LogP contribution in [0.4, 0.5) is 11.4 Å². The van der Waals surface area contributed by atoms with Gasteiger partial charge in [-0.25, -0.2) is 4.79 Å². The molecule has 1 aliphatic carbocycles. The molecule has 0 bridgehead atoms. The second-order valence-electron chi connectivity index (χ2n) is 5.74. The van der Waals surface area contributed by atoms with Crippen LogP contribution in [0, 0.1) is 5.92 Å². The van der Waals surface area contributed by atoms with Gasteiger partial charge in [0.2, 0.25) is 5.91 Å². The first-order valence-electron chi connectivity index (χ1n) is 7.38. The summed E-state index contributed by atoms with van der Waals surface area (Å²) >= 11 is 0. The zero-order valence-electron chi connectivity index (χ0n) is 12.3. The lowest BCUT2D eigenvalue weighted by Crippen LogP contribution is -2.29. The first-order chi connectivity index (χ1) is 9.99. The molecular weight excluding hydrogens is 268 g/mol. The Morgan fingerprint density at radius 3 is 2.52 bits per heavy atom. The molecule has 0 spiro atoms. The second kappa shape index (κ2) is 6.61. The summed E-state index contributed by atoms with van der Waals surface area (Å²) in [5, 5.41) is 8.93. The maximum atomic E-state index is 12.3. The van der Waals surface area contributed by atoms with E-state index in [2.05, 4.69) is 0 Å². The number of carbonyl (C=O) groups is 2. The van der Waals surface area contributed by atoms with E-state index in [1.807, 2.05) is 0 Å². The molecule has 1 aromatic carbocycles. The Balaban J connectivity index is 2.06. The van der Waals surface area contributed by atoms with E-state index in [1.165, 1.54) is 36.3 Å². The topological polar surface area (TPSA) is 83.6 Å². The lowest BCUT2D eigenvalue weighted by atomic mass is 9.86. The lowest BCUT2D eigenvalue weighted by molar-refractivity contribution is -0.119. The molecule has 1 amide bonds. The van der Waals surface area contributed by atoms with E-state index in [9.17, 15) is 9.59 Å². The average molecular weight is 290 g/mol. The van der Waals surface area contributed by atoms with Crippen LogP contribution in [0.2, 0.25) is 0 Å². The number of nitrogens with two attached hydrogens (primary N) is 1. The molecule has 1 aromatic rings. The van der Waals surface area contributed by atoms with Crippen molar-refractivity contribution in [1.29, 1.82) is 0 Å². The zero-order chi connectivity index (χ0) is 15.4. The van der Waals surface area contributed by atoms with Crippen LogP contribution in [0.25, 0.3) is 0 Å². The van der Waals surface area contributed by atoms with E-state index in [0.29, 0.717) is 23.7 Å². The van der Waals surface area contributed by atoms with Gasteiger partial charge in [-0.05, 0) is 37.0 Å². The van der Waals surface area contributed by atoms with Crippen molar-refractivity contribution in [2.75, 3.05) is 17.7 Å². The van der Waals surface area contributed by atoms with Gasteiger partial charge in [0.25, 0.3) is 0 Å². The third-order valence-electron chi connectivity index (χ3n) is 4.20. The minimum Gasteiger partial charge on any atom is -0.478 e. The van der Waals surface area contributed by atoms with Gasteiger partial charge in [-0.2, -0.15) is 0 Å². The number of benzene rings is 1. The standard InChI is InChI=1S/C16H22N2O3/c1-18(15(19)9-11-5-3-2-4-6-11)14-8-7-12(16(20)21)10-13(14)17/h7-8,10-11H,2-6,9,17H2,1H3,(H,20,21). The van der Waals surface area contributed by atoms with Crippen LogP contribution < -0.4 is 10.6 Å². The van der Waals surface area contributed by atoms with E-state index in [4.69, 9.17) is 10.8 Å². The monoisotopic (exact) mass is 290 g/mol. The van der Waals surface area contributed by atoms with E-state index in [0.717, 1.165) is 12.8 Å². The molecule has 1 aliphatic rings. The van der Waals surface area contributed by atoms with Gasteiger partial charge in [0, 0.05) is 13.5 Å². The number of hydrogen-bond acceptors (Lipinski definition) is 3. The number of anilines is 2. The van der Waals surface area contributed by atoms with Crippen molar-refractivity contribution >= 4 is 23.3 Å². The second-order valence-corrected chi connectivity index (χ2v) is 5.74. The molecule has 5 heteroatoms. The smallest absolute Gasteiger partial charge is 0.335 e. The number of aromatic carboxylic acids is 1. The minimum atomic E-state index is -1.02. The highest BCUT2D eigenvalue weighted by Gasteiger charge is 2.21. The normalized spacial score (nSPS) is 15.7. The largest absolute Gasteiger partial charge is 0.478 e. The number of carbonyl (C=O) groups excluding carboxylic acids is 1. The zero-order valence-corrected chi connectivity index (χ0v) is 12.3. The van der Waals surface area contributed by atoms with Gasteiger partial charge in [0.15, 0.2) is 0 Å². The molecule has 3 N–H and O–H groups in total. The van der Waals surface area contributed by atoms with E-state index < -0.39 is 5.97 Å². The van der Waals surface area contributed by atoms with Gasteiger partial charge in [-0.3, -0.25) is 4.79 Å². The van der Waals surface area contributed by atoms with Crippen molar-refractivity contribution in [1.82, 2.24) is 0 Å². The lowest BCUT2D eigenvalue weighted by Gasteiger charge is -2.25. The quantitative estimate of drug-likeness (QED) is 0.835. The maximum Gasteiger partial charge on any atom is 0.335 e. The molecule has 0 radical (unpaired) electrons. The molecule has 0 saturated heterocycles. The number of nitrogens with zero attached hydrogens (tertiary/aromatic N) is 1. The van der Waals surface area contributed by atoms with Gasteiger partial charge in [-0.15, -0.1) is 0 Å². The van der Waals surface area contributed by atoms with Crippen molar-refractivity contribution in [3.8, 4) is 0 Å². The van der Waals surface area contributed by atoms with Gasteiger partial charge in [0.05, 0.1) is 16.9 Å². The van der Waals surface area contributed by atoms with Crippen LogP contribution in [-0.2, 0) is 4.79 Å². The molecule has 0 aromatic heterocycles. The van der Waals surface area contributed by atoms with Gasteiger partial charge < -0.3 is 15.7 Å². The van der Waals surface area contributed by atoms with Crippen LogP contribution in [0.3, 0.4) is 0 Å². The molecule has 0 heterocycles. The molecule has 0 atom stereocenters. The molecule has 21 heavy (non-hydrogen) atoms. The van der Waals surface area contributed by atoms with Crippen LogP contribution in [0.5, 0.6) is 0 Å². The number of amides is 1. The Kier molecular flexibility index (Phi) is 4.83. The highest BCUT2D eigenvalue weighted by atomic mass is 16.4. The Bertz CT molecular complexity index is 536. The number of nitrogen functional groups attached to an aromatic ring is 1. The van der Waals surface area contributed by atoms with Crippen LogP contribution in [-0.4, -0.2) is 24.0 Å². The Labute approximate surface area is 124 Å². The average Bonchev–Trinajstić information content (AvgIpc) is 2.47. The summed E-state index contributed by atoms with van der Waals surface area (Å²) in [6.45, 7) is 0. The van der Waals surface area contributed by atoms with Crippen LogP contribution in [0.1, 0.15) is 48.9 Å². The van der Waals surface area contributed by atoms with E-state index >= 15 is 0 Å². The molecule has 5 nitrogen and oxygen atoms in total. The summed E-state index contributed by atoms with van der Waals surface area (Å²) < 4.78 is 0. The van der Waals surface area contributed by atoms with Crippen molar-refractivity contribution in [3.05, 3.63) is 23.8 Å². The van der Waals surface area contributed by atoms with Gasteiger partial charge in [0.1, 0.15) is 0 Å². The summed E-state index contributed by atoms with van der Waals surface area (Å²) in [6, 6.07) is 4.46. The predicted molar refractivity (Wildman–Crippen MR) is 82.4 cm³/mol. The van der Waals surface area contributed by atoms with Crippen molar-refractivity contribution in [3.63, 3.8) is 0 Å². The van der Waals surface area contributed by atoms with Gasteiger partial charge in [-0.1, -0.05) is 19.3 Å². The number of carboxylic acids is 1. The third-order valence-corrected chi connectivity index (χ3v) is 4.20. The molecule has 2 rings (SSSR count). The number of carboxylic acid groups (broad SMARTS) is 1. The van der Waals surface area contributed by atoms with Crippen LogP contribution >= 0.6 is 0 Å². The fourth-order valence-corrected chi connectivity index (χ4v) is 2.90. The van der Waals surface area contributed by atoms with Gasteiger partial charge >= 0.3 is 5.97 Å². The SMILES string of the molecule is CN(C(=O)CC1CCCCC1)c1ccc(C(=O)O)cc1N. The summed E-state index contributed by atoms with van der Waals surface area (Å²) in [6.07, 6.45) is 6.45. The molecule has 0 aliphatic heterocycles. The molecule has 0 unspecified atom stereocenters. The molecule has 1 saturated carbocycles. The van der Waals surface area contributed by atoms with Crippen molar-refractivity contribution in [2.24, 2.45) is 5.92 Å². The van der Waals surface area contributed by atoms with Crippen molar-refractivity contribution in [2.45, 2.75) is 38.5 Å². The van der Waals surface area contributed by atoms with E-state index in [1.54, 1.807) is 13.1 Å². The summed E-state index contributed by atoms with van der Waals surface area (Å²) in [4.78, 5) is 24.8.